The summed E-state index contributed by atoms with van der Waals surface area (Å²) >= 11 is 0. The molecule has 0 unspecified atom stereocenters. The molecule has 1 aliphatic heterocycles. The lowest BCUT2D eigenvalue weighted by atomic mass is 9.80. The zero-order valence-corrected chi connectivity index (χ0v) is 13.7. The Balaban J connectivity index is 2.23. The third-order valence-electron chi connectivity index (χ3n) is 4.26. The number of dihydropyridines is 1. The molecule has 0 spiro atoms. The number of nitrogens with one attached hydrogen (secondary N) is 2. The van der Waals surface area contributed by atoms with Crippen molar-refractivity contribution in [1.82, 2.24) is 15.5 Å². The van der Waals surface area contributed by atoms with Gasteiger partial charge in [0.2, 0.25) is 0 Å². The minimum absolute atomic E-state index is 0.402. The van der Waals surface area contributed by atoms with E-state index in [-0.39, 0.29) is 0 Å². The van der Waals surface area contributed by atoms with Crippen molar-refractivity contribution in [3.63, 3.8) is 0 Å². The molecule has 0 atom stereocenters. The van der Waals surface area contributed by atoms with Crippen molar-refractivity contribution in [3.8, 4) is 12.1 Å². The molecule has 0 saturated heterocycles. The van der Waals surface area contributed by atoms with Gasteiger partial charge in [-0.1, -0.05) is 18.2 Å². The van der Waals surface area contributed by atoms with Crippen LogP contribution in [0.3, 0.4) is 0 Å². The summed E-state index contributed by atoms with van der Waals surface area (Å²) in [6, 6.07) is 10.4. The van der Waals surface area contributed by atoms with Gasteiger partial charge in [0.15, 0.2) is 0 Å². The van der Waals surface area contributed by atoms with Crippen LogP contribution in [0.2, 0.25) is 0 Å². The number of rotatable bonds is 5. The van der Waals surface area contributed by atoms with Crippen LogP contribution in [-0.4, -0.2) is 10.2 Å². The van der Waals surface area contributed by atoms with E-state index in [4.69, 9.17) is 0 Å². The number of hydrogen-bond donors (Lipinski definition) is 2. The smallest absolute Gasteiger partial charge is 0.0976 e. The van der Waals surface area contributed by atoms with Gasteiger partial charge < -0.3 is 5.32 Å². The quantitative estimate of drug-likeness (QED) is 0.814. The molecule has 2 aromatic rings. The maximum Gasteiger partial charge on any atom is 0.0976 e. The summed E-state index contributed by atoms with van der Waals surface area (Å²) < 4.78 is 0. The molecule has 1 aromatic heterocycles. The second-order valence-electron chi connectivity index (χ2n) is 5.77. The summed E-state index contributed by atoms with van der Waals surface area (Å²) in [6.07, 6.45) is 6.30. The molecule has 0 saturated carbocycles. The second-order valence-corrected chi connectivity index (χ2v) is 5.77. The minimum Gasteiger partial charge on any atom is -0.360 e. The van der Waals surface area contributed by atoms with Crippen LogP contribution in [0.25, 0.3) is 10.9 Å². The maximum absolute atomic E-state index is 9.77. The first-order chi connectivity index (χ1) is 12.2. The van der Waals surface area contributed by atoms with Crippen LogP contribution >= 0.6 is 0 Å². The number of benzene rings is 1. The van der Waals surface area contributed by atoms with E-state index in [1.165, 1.54) is 0 Å². The Morgan fingerprint density at radius 2 is 1.72 bits per heavy atom. The number of aromatic nitrogens is 2. The summed E-state index contributed by atoms with van der Waals surface area (Å²) in [4.78, 5) is 0. The standard InChI is InChI=1S/C20H17N5/c1-3-5-18-15(10-21)20(16(11-22)19(24-18)6-4-2)13-7-8-17-14(9-13)12-23-25-17/h3-4,7-9,12,20,24H,1-2,5-6H2,(H,23,25). The Hall–Kier alpha value is -3.57. The summed E-state index contributed by atoms with van der Waals surface area (Å²) in [7, 11) is 0. The van der Waals surface area contributed by atoms with Gasteiger partial charge >= 0.3 is 0 Å². The van der Waals surface area contributed by atoms with E-state index in [0.29, 0.717) is 24.0 Å². The first-order valence-electron chi connectivity index (χ1n) is 7.91. The SMILES string of the molecule is C=CCC1=C(C#N)C(c2ccc3[nH]ncc3c2)C(C#N)=C(CC=C)N1. The average molecular weight is 327 g/mol. The first-order valence-corrected chi connectivity index (χ1v) is 7.91. The highest BCUT2D eigenvalue weighted by Gasteiger charge is 2.31. The summed E-state index contributed by atoms with van der Waals surface area (Å²) in [6.45, 7) is 7.54. The van der Waals surface area contributed by atoms with Crippen molar-refractivity contribution in [2.75, 3.05) is 0 Å². The lowest BCUT2D eigenvalue weighted by Gasteiger charge is -2.28. The molecule has 25 heavy (non-hydrogen) atoms. The van der Waals surface area contributed by atoms with Gasteiger partial charge in [0.1, 0.15) is 0 Å². The van der Waals surface area contributed by atoms with Crippen molar-refractivity contribution < 1.29 is 0 Å². The van der Waals surface area contributed by atoms with Gasteiger partial charge in [0, 0.05) is 29.6 Å². The van der Waals surface area contributed by atoms with Crippen molar-refractivity contribution in [2.24, 2.45) is 0 Å². The van der Waals surface area contributed by atoms with Crippen LogP contribution in [0, 0.1) is 22.7 Å². The second kappa shape index (κ2) is 6.90. The molecule has 5 heteroatoms. The molecule has 3 rings (SSSR count). The van der Waals surface area contributed by atoms with Crippen molar-refractivity contribution in [1.29, 1.82) is 10.5 Å². The maximum atomic E-state index is 9.77. The molecule has 0 fully saturated rings. The Morgan fingerprint density at radius 1 is 1.08 bits per heavy atom. The van der Waals surface area contributed by atoms with Gasteiger partial charge in [-0.2, -0.15) is 15.6 Å². The molecular weight excluding hydrogens is 310 g/mol. The van der Waals surface area contributed by atoms with Gasteiger partial charge in [0.05, 0.1) is 40.9 Å². The van der Waals surface area contributed by atoms with E-state index in [2.05, 4.69) is 40.8 Å². The number of aromatic amines is 1. The molecule has 5 nitrogen and oxygen atoms in total. The fourth-order valence-electron chi connectivity index (χ4n) is 3.16. The topological polar surface area (TPSA) is 88.3 Å². The van der Waals surface area contributed by atoms with Crippen molar-refractivity contribution in [2.45, 2.75) is 18.8 Å². The van der Waals surface area contributed by atoms with Crippen molar-refractivity contribution in [3.05, 3.63) is 77.8 Å². The Morgan fingerprint density at radius 3 is 2.28 bits per heavy atom. The minimum atomic E-state index is -0.402. The number of H-pyrrole nitrogens is 1. The predicted octanol–water partition coefficient (Wildman–Crippen LogP) is 3.96. The van der Waals surface area contributed by atoms with E-state index >= 15 is 0 Å². The van der Waals surface area contributed by atoms with Crippen molar-refractivity contribution >= 4 is 10.9 Å². The molecule has 1 aromatic carbocycles. The Kier molecular flexibility index (Phi) is 4.50. The van der Waals surface area contributed by atoms with Gasteiger partial charge in [-0.3, -0.25) is 5.10 Å². The van der Waals surface area contributed by atoms with Crippen LogP contribution in [0.5, 0.6) is 0 Å². The fraction of sp³-hybridized carbons (Fsp3) is 0.150. The normalized spacial score (nSPS) is 14.8. The van der Waals surface area contributed by atoms with Gasteiger partial charge in [-0.05, 0) is 17.7 Å². The van der Waals surface area contributed by atoms with Gasteiger partial charge in [-0.25, -0.2) is 0 Å². The van der Waals surface area contributed by atoms with Gasteiger partial charge in [0.25, 0.3) is 0 Å². The molecule has 0 aliphatic carbocycles. The highest BCUT2D eigenvalue weighted by Crippen LogP contribution is 2.39. The third-order valence-corrected chi connectivity index (χ3v) is 4.26. The van der Waals surface area contributed by atoms with Crippen LogP contribution in [0.4, 0.5) is 0 Å². The number of nitrogens with zero attached hydrogens (tertiary/aromatic N) is 3. The van der Waals surface area contributed by atoms with Crippen LogP contribution in [-0.2, 0) is 0 Å². The highest BCUT2D eigenvalue weighted by molar-refractivity contribution is 5.79. The highest BCUT2D eigenvalue weighted by atomic mass is 15.1. The fourth-order valence-corrected chi connectivity index (χ4v) is 3.16. The van der Waals surface area contributed by atoms with E-state index < -0.39 is 5.92 Å². The molecule has 0 bridgehead atoms. The molecule has 0 amide bonds. The monoisotopic (exact) mass is 327 g/mol. The summed E-state index contributed by atoms with van der Waals surface area (Å²) in [5.41, 5.74) is 4.47. The molecule has 122 valence electrons. The number of hydrogen-bond acceptors (Lipinski definition) is 4. The molecular formula is C20H17N5. The molecule has 2 heterocycles. The zero-order chi connectivity index (χ0) is 17.8. The number of fused-ring (bicyclic) bond motifs is 1. The zero-order valence-electron chi connectivity index (χ0n) is 13.7. The first kappa shape index (κ1) is 16.3. The molecule has 2 N–H and O–H groups in total. The van der Waals surface area contributed by atoms with E-state index in [1.54, 1.807) is 18.3 Å². The van der Waals surface area contributed by atoms with Crippen LogP contribution in [0.15, 0.2) is 72.2 Å². The summed E-state index contributed by atoms with van der Waals surface area (Å²) in [5.74, 6) is -0.402. The van der Waals surface area contributed by atoms with E-state index in [0.717, 1.165) is 27.9 Å². The van der Waals surface area contributed by atoms with E-state index in [9.17, 15) is 10.5 Å². The average Bonchev–Trinajstić information content (AvgIpc) is 3.09. The van der Waals surface area contributed by atoms with Crippen LogP contribution < -0.4 is 5.32 Å². The molecule has 0 radical (unpaired) electrons. The Bertz CT molecular complexity index is 947. The Labute approximate surface area is 146 Å². The van der Waals surface area contributed by atoms with Crippen LogP contribution in [0.1, 0.15) is 24.3 Å². The predicted molar refractivity (Wildman–Crippen MR) is 96.9 cm³/mol. The molecule has 1 aliphatic rings. The van der Waals surface area contributed by atoms with Gasteiger partial charge in [-0.15, -0.1) is 13.2 Å². The summed E-state index contributed by atoms with van der Waals surface area (Å²) in [5, 5.41) is 30.7. The van der Waals surface area contributed by atoms with E-state index in [1.807, 2.05) is 18.2 Å². The third kappa shape index (κ3) is 2.84. The number of nitriles is 2. The largest absolute Gasteiger partial charge is 0.360 e. The number of allylic oxidation sites excluding steroid dienone is 4. The lowest BCUT2D eigenvalue weighted by Crippen LogP contribution is -2.26. The lowest BCUT2D eigenvalue weighted by molar-refractivity contribution is 0.775.